The van der Waals surface area contributed by atoms with Crippen LogP contribution in [0.3, 0.4) is 0 Å². The summed E-state index contributed by atoms with van der Waals surface area (Å²) in [7, 11) is 3.92. The molecule has 0 saturated carbocycles. The molecule has 0 aliphatic rings. The predicted molar refractivity (Wildman–Crippen MR) is 92.8 cm³/mol. The summed E-state index contributed by atoms with van der Waals surface area (Å²) in [6, 6.07) is 13.1. The summed E-state index contributed by atoms with van der Waals surface area (Å²) in [6.45, 7) is 0.391. The first kappa shape index (κ1) is 18.4. The first-order chi connectivity index (χ1) is 11.7. The SMILES string of the molecule is CN(C)c1ccc(CN=C(N)Nc2ccc(OC(F)(F)F)cc2)cc1. The van der Waals surface area contributed by atoms with Crippen molar-refractivity contribution in [3.05, 3.63) is 54.1 Å². The number of aliphatic imine (C=N–C) groups is 1. The highest BCUT2D eigenvalue weighted by molar-refractivity contribution is 5.92. The van der Waals surface area contributed by atoms with Gasteiger partial charge in [-0.2, -0.15) is 0 Å². The number of nitrogens with two attached hydrogens (primary N) is 1. The maximum atomic E-state index is 12.1. The Balaban J connectivity index is 1.92. The number of ether oxygens (including phenoxy) is 1. The van der Waals surface area contributed by atoms with Crippen LogP contribution in [0.2, 0.25) is 0 Å². The van der Waals surface area contributed by atoms with Gasteiger partial charge in [-0.15, -0.1) is 13.2 Å². The number of benzene rings is 2. The fourth-order valence-electron chi connectivity index (χ4n) is 2.00. The monoisotopic (exact) mass is 352 g/mol. The third kappa shape index (κ3) is 6.25. The second-order valence-electron chi connectivity index (χ2n) is 5.46. The number of hydrogen-bond acceptors (Lipinski definition) is 3. The van der Waals surface area contributed by atoms with E-state index in [1.54, 1.807) is 0 Å². The molecular formula is C17H19F3N4O. The summed E-state index contributed by atoms with van der Waals surface area (Å²) in [5.74, 6) is -0.129. The molecule has 0 aliphatic heterocycles. The summed E-state index contributed by atoms with van der Waals surface area (Å²) in [6.07, 6.45) is -4.71. The van der Waals surface area contributed by atoms with Gasteiger partial charge in [0, 0.05) is 25.5 Å². The Labute approximate surface area is 143 Å². The average molecular weight is 352 g/mol. The molecule has 0 unspecified atom stereocenters. The number of hydrogen-bond donors (Lipinski definition) is 2. The van der Waals surface area contributed by atoms with E-state index in [9.17, 15) is 13.2 Å². The standard InChI is InChI=1S/C17H19F3N4O/c1-24(2)14-7-3-12(4-8-14)11-22-16(21)23-13-5-9-15(10-6-13)25-17(18,19)20/h3-10H,11H2,1-2H3,(H3,21,22,23). The van der Waals surface area contributed by atoms with Crippen molar-refractivity contribution in [3.63, 3.8) is 0 Å². The van der Waals surface area contributed by atoms with E-state index in [1.807, 2.05) is 43.3 Å². The van der Waals surface area contributed by atoms with Crippen LogP contribution in [0, 0.1) is 0 Å². The third-order valence-electron chi connectivity index (χ3n) is 3.25. The molecule has 134 valence electrons. The van der Waals surface area contributed by atoms with Crippen molar-refractivity contribution in [1.29, 1.82) is 0 Å². The molecule has 0 heterocycles. The minimum absolute atomic E-state index is 0.168. The van der Waals surface area contributed by atoms with Crippen LogP contribution in [0.5, 0.6) is 5.75 Å². The Hall–Kier alpha value is -2.90. The summed E-state index contributed by atoms with van der Waals surface area (Å²) >= 11 is 0. The van der Waals surface area contributed by atoms with E-state index in [0.717, 1.165) is 11.3 Å². The van der Waals surface area contributed by atoms with Crippen LogP contribution in [0.4, 0.5) is 24.5 Å². The van der Waals surface area contributed by atoms with E-state index < -0.39 is 6.36 Å². The minimum atomic E-state index is -4.71. The Kier molecular flexibility index (Phi) is 5.74. The molecule has 0 saturated heterocycles. The minimum Gasteiger partial charge on any atom is -0.406 e. The van der Waals surface area contributed by atoms with Gasteiger partial charge < -0.3 is 20.7 Å². The summed E-state index contributed by atoms with van der Waals surface area (Å²) in [4.78, 5) is 6.20. The van der Waals surface area contributed by atoms with E-state index in [4.69, 9.17) is 5.73 Å². The number of anilines is 2. The van der Waals surface area contributed by atoms with Gasteiger partial charge in [0.05, 0.1) is 6.54 Å². The van der Waals surface area contributed by atoms with Crippen LogP contribution in [-0.4, -0.2) is 26.4 Å². The van der Waals surface area contributed by atoms with Crippen LogP contribution in [0.1, 0.15) is 5.56 Å². The molecule has 2 aromatic rings. The van der Waals surface area contributed by atoms with E-state index >= 15 is 0 Å². The normalized spacial score (nSPS) is 12.0. The highest BCUT2D eigenvalue weighted by Crippen LogP contribution is 2.23. The molecule has 25 heavy (non-hydrogen) atoms. The van der Waals surface area contributed by atoms with Crippen LogP contribution in [0.15, 0.2) is 53.5 Å². The second-order valence-corrected chi connectivity index (χ2v) is 5.46. The van der Waals surface area contributed by atoms with Gasteiger partial charge in [-0.3, -0.25) is 0 Å². The Morgan fingerprint density at radius 2 is 1.68 bits per heavy atom. The van der Waals surface area contributed by atoms with Crippen LogP contribution >= 0.6 is 0 Å². The summed E-state index contributed by atoms with van der Waals surface area (Å²) in [5, 5.41) is 2.81. The second kappa shape index (κ2) is 7.78. The summed E-state index contributed by atoms with van der Waals surface area (Å²) < 4.78 is 40.1. The molecule has 0 aromatic heterocycles. The van der Waals surface area contributed by atoms with Gasteiger partial charge in [0.2, 0.25) is 0 Å². The van der Waals surface area contributed by atoms with E-state index in [1.165, 1.54) is 24.3 Å². The first-order valence-corrected chi connectivity index (χ1v) is 7.42. The quantitative estimate of drug-likeness (QED) is 0.638. The lowest BCUT2D eigenvalue weighted by Gasteiger charge is -2.12. The number of nitrogens with one attached hydrogen (secondary N) is 1. The zero-order valence-corrected chi connectivity index (χ0v) is 13.8. The van der Waals surface area contributed by atoms with E-state index in [0.29, 0.717) is 12.2 Å². The number of nitrogens with zero attached hydrogens (tertiary/aromatic N) is 2. The zero-order chi connectivity index (χ0) is 18.4. The van der Waals surface area contributed by atoms with E-state index in [-0.39, 0.29) is 11.7 Å². The third-order valence-corrected chi connectivity index (χ3v) is 3.25. The maximum Gasteiger partial charge on any atom is 0.573 e. The van der Waals surface area contributed by atoms with Crippen molar-refractivity contribution in [2.45, 2.75) is 12.9 Å². The molecule has 0 bridgehead atoms. The van der Waals surface area contributed by atoms with Crippen molar-refractivity contribution in [1.82, 2.24) is 0 Å². The highest BCUT2D eigenvalue weighted by atomic mass is 19.4. The van der Waals surface area contributed by atoms with Crippen molar-refractivity contribution in [2.75, 3.05) is 24.3 Å². The van der Waals surface area contributed by atoms with Crippen molar-refractivity contribution < 1.29 is 17.9 Å². The van der Waals surface area contributed by atoms with Crippen LogP contribution in [-0.2, 0) is 6.54 Å². The Morgan fingerprint density at radius 1 is 1.08 bits per heavy atom. The number of guanidine groups is 1. The molecule has 5 nitrogen and oxygen atoms in total. The Bertz CT molecular complexity index is 710. The topological polar surface area (TPSA) is 62.9 Å². The Morgan fingerprint density at radius 3 is 2.20 bits per heavy atom. The van der Waals surface area contributed by atoms with Crippen LogP contribution in [0.25, 0.3) is 0 Å². The average Bonchev–Trinajstić information content (AvgIpc) is 2.54. The van der Waals surface area contributed by atoms with Crippen molar-refractivity contribution >= 4 is 17.3 Å². The van der Waals surface area contributed by atoms with E-state index in [2.05, 4.69) is 15.0 Å². The largest absolute Gasteiger partial charge is 0.573 e. The highest BCUT2D eigenvalue weighted by Gasteiger charge is 2.30. The lowest BCUT2D eigenvalue weighted by molar-refractivity contribution is -0.274. The molecule has 0 fully saturated rings. The lowest BCUT2D eigenvalue weighted by Crippen LogP contribution is -2.22. The fourth-order valence-corrected chi connectivity index (χ4v) is 2.00. The lowest BCUT2D eigenvalue weighted by atomic mass is 10.2. The first-order valence-electron chi connectivity index (χ1n) is 7.42. The fraction of sp³-hybridized carbons (Fsp3) is 0.235. The molecule has 3 N–H and O–H groups in total. The molecule has 2 rings (SSSR count). The van der Waals surface area contributed by atoms with Crippen molar-refractivity contribution in [3.8, 4) is 5.75 Å². The van der Waals surface area contributed by atoms with Crippen LogP contribution < -0.4 is 20.7 Å². The molecular weight excluding hydrogens is 333 g/mol. The number of alkyl halides is 3. The molecule has 0 aliphatic carbocycles. The summed E-state index contributed by atoms with van der Waals surface area (Å²) in [5.41, 5.74) is 8.38. The molecule has 0 radical (unpaired) electrons. The van der Waals surface area contributed by atoms with Gasteiger partial charge in [-0.1, -0.05) is 12.1 Å². The number of halogens is 3. The van der Waals surface area contributed by atoms with Crippen molar-refractivity contribution in [2.24, 2.45) is 10.7 Å². The molecule has 8 heteroatoms. The number of rotatable bonds is 5. The maximum absolute atomic E-state index is 12.1. The molecule has 0 spiro atoms. The molecule has 0 atom stereocenters. The molecule has 0 amide bonds. The van der Waals surface area contributed by atoms with Gasteiger partial charge in [-0.05, 0) is 42.0 Å². The van der Waals surface area contributed by atoms with Gasteiger partial charge >= 0.3 is 6.36 Å². The van der Waals surface area contributed by atoms with Gasteiger partial charge in [0.25, 0.3) is 0 Å². The van der Waals surface area contributed by atoms with Gasteiger partial charge in [-0.25, -0.2) is 4.99 Å². The smallest absolute Gasteiger partial charge is 0.406 e. The molecule has 2 aromatic carbocycles. The van der Waals surface area contributed by atoms with Gasteiger partial charge in [0.1, 0.15) is 5.75 Å². The van der Waals surface area contributed by atoms with Gasteiger partial charge in [0.15, 0.2) is 5.96 Å². The predicted octanol–water partition coefficient (Wildman–Crippen LogP) is 3.58. The zero-order valence-electron chi connectivity index (χ0n) is 13.8.